The van der Waals surface area contributed by atoms with E-state index < -0.39 is 8.07 Å². The Labute approximate surface area is 248 Å². The van der Waals surface area contributed by atoms with E-state index in [1.54, 1.807) is 43.6 Å². The summed E-state index contributed by atoms with van der Waals surface area (Å²) >= 11 is 0. The molecule has 2 heterocycles. The summed E-state index contributed by atoms with van der Waals surface area (Å²) in [4.78, 5) is 35.0. The molecule has 0 radical (unpaired) electrons. The zero-order chi connectivity index (χ0) is 30.6. The van der Waals surface area contributed by atoms with Gasteiger partial charge in [-0.05, 0) is 47.0 Å². The van der Waals surface area contributed by atoms with Crippen LogP contribution in [0, 0.1) is 11.5 Å². The van der Waals surface area contributed by atoms with Crippen LogP contribution in [0.25, 0.3) is 16.7 Å². The first-order valence-electron chi connectivity index (χ1n) is 14.2. The molecule has 0 atom stereocenters. The van der Waals surface area contributed by atoms with Crippen LogP contribution in [0.15, 0.2) is 65.6 Å². The van der Waals surface area contributed by atoms with Crippen molar-refractivity contribution in [1.82, 2.24) is 14.5 Å². The summed E-state index contributed by atoms with van der Waals surface area (Å²) in [7, 11) is -0.467. The number of rotatable bonds is 8. The molecule has 0 aliphatic rings. The van der Waals surface area contributed by atoms with Crippen LogP contribution in [0.3, 0.4) is 0 Å². The number of anilines is 3. The topological polar surface area (TPSA) is 98.1 Å². The second-order valence-corrected chi connectivity index (χ2v) is 16.9. The van der Waals surface area contributed by atoms with Crippen LogP contribution in [-0.4, -0.2) is 35.6 Å². The number of fused-ring (bicyclic) bond motifs is 1. The number of aromatic nitrogens is 3. The van der Waals surface area contributed by atoms with Crippen LogP contribution in [0.1, 0.15) is 54.0 Å². The van der Waals surface area contributed by atoms with E-state index >= 15 is 0 Å². The zero-order valence-corrected chi connectivity index (χ0v) is 26.6. The van der Waals surface area contributed by atoms with Gasteiger partial charge in [-0.1, -0.05) is 65.7 Å². The summed E-state index contributed by atoms with van der Waals surface area (Å²) in [5.41, 5.74) is 7.63. The zero-order valence-electron chi connectivity index (χ0n) is 25.6. The Morgan fingerprint density at radius 1 is 0.976 bits per heavy atom. The van der Waals surface area contributed by atoms with Crippen LogP contribution in [0.2, 0.25) is 16.6 Å². The number of amides is 1. The molecule has 42 heavy (non-hydrogen) atoms. The van der Waals surface area contributed by atoms with E-state index in [4.69, 9.17) is 9.72 Å². The van der Waals surface area contributed by atoms with Gasteiger partial charge in [0.15, 0.2) is 5.65 Å². The number of hydrogen-bond acceptors (Lipinski definition) is 6. The monoisotopic (exact) mass is 581 g/mol. The molecule has 2 aromatic carbocycles. The first-order chi connectivity index (χ1) is 20.0. The van der Waals surface area contributed by atoms with E-state index in [0.29, 0.717) is 62.0 Å². The summed E-state index contributed by atoms with van der Waals surface area (Å²) < 4.78 is 7.01. The van der Waals surface area contributed by atoms with Crippen LogP contribution >= 0.6 is 0 Å². The summed E-state index contributed by atoms with van der Waals surface area (Å²) in [6.45, 7) is 15.0. The smallest absolute Gasteiger partial charge is 0.258 e. The van der Waals surface area contributed by atoms with Gasteiger partial charge in [0.1, 0.15) is 13.8 Å². The minimum absolute atomic E-state index is 0.200. The van der Waals surface area contributed by atoms with Crippen molar-refractivity contribution in [2.45, 2.75) is 65.1 Å². The highest BCUT2D eigenvalue weighted by Gasteiger charge is 2.41. The van der Waals surface area contributed by atoms with Crippen molar-refractivity contribution in [3.63, 3.8) is 0 Å². The van der Waals surface area contributed by atoms with E-state index in [1.807, 2.05) is 24.3 Å². The molecule has 4 rings (SSSR count). The van der Waals surface area contributed by atoms with Crippen LogP contribution in [0.4, 0.5) is 17.3 Å². The highest BCUT2D eigenvalue weighted by molar-refractivity contribution is 6.90. The molecule has 2 N–H and O–H groups in total. The van der Waals surface area contributed by atoms with Crippen molar-refractivity contribution < 1.29 is 9.53 Å². The molecule has 0 saturated carbocycles. The van der Waals surface area contributed by atoms with Gasteiger partial charge in [0.05, 0.1) is 23.9 Å². The molecule has 0 bridgehead atoms. The first-order valence-corrected chi connectivity index (χ1v) is 16.4. The molecule has 0 unspecified atom stereocenters. The summed E-state index contributed by atoms with van der Waals surface area (Å²) in [5, 5.41) is 6.67. The molecule has 2 aromatic heterocycles. The summed E-state index contributed by atoms with van der Waals surface area (Å²) in [6, 6.07) is 16.2. The Hall–Kier alpha value is -4.42. The molecule has 9 heteroatoms. The Morgan fingerprint density at radius 2 is 1.67 bits per heavy atom. The fourth-order valence-electron chi connectivity index (χ4n) is 5.92. The van der Waals surface area contributed by atoms with E-state index in [0.717, 1.165) is 0 Å². The quantitative estimate of drug-likeness (QED) is 0.171. The summed E-state index contributed by atoms with van der Waals surface area (Å²) in [6.07, 6.45) is 1.71. The molecule has 0 aliphatic heterocycles. The second kappa shape index (κ2) is 12.6. The lowest BCUT2D eigenvalue weighted by atomic mass is 10.1. The van der Waals surface area contributed by atoms with E-state index in [1.165, 1.54) is 11.5 Å². The minimum Gasteiger partial charge on any atom is -0.495 e. The SMILES string of the molecule is COc1ccccc1Nc1ncc2c(C#C[Si](C(C)C)(C(C)C)C(C)C)cc(=O)n(-c3cccc(NC(C)=O)c3)c2n1. The average molecular weight is 582 g/mol. The molecular formula is C33H39N5O3Si. The molecule has 0 fully saturated rings. The Kier molecular flexibility index (Phi) is 9.17. The van der Waals surface area contributed by atoms with Gasteiger partial charge in [0.25, 0.3) is 5.56 Å². The molecular weight excluding hydrogens is 542 g/mol. The Morgan fingerprint density at radius 3 is 2.31 bits per heavy atom. The van der Waals surface area contributed by atoms with E-state index in [9.17, 15) is 9.59 Å². The van der Waals surface area contributed by atoms with Crippen molar-refractivity contribution in [3.05, 3.63) is 76.7 Å². The third-order valence-electron chi connectivity index (χ3n) is 7.82. The normalized spacial score (nSPS) is 11.5. The number of methoxy groups -OCH3 is 1. The van der Waals surface area contributed by atoms with Crippen LogP contribution < -0.4 is 20.9 Å². The average Bonchev–Trinajstić information content (AvgIpc) is 2.92. The molecule has 218 valence electrons. The predicted octanol–water partition coefficient (Wildman–Crippen LogP) is 7.06. The van der Waals surface area contributed by atoms with E-state index in [-0.39, 0.29) is 11.5 Å². The fraction of sp³-hybridized carbons (Fsp3) is 0.333. The lowest BCUT2D eigenvalue weighted by molar-refractivity contribution is -0.114. The van der Waals surface area contributed by atoms with Crippen LogP contribution in [-0.2, 0) is 4.79 Å². The van der Waals surface area contributed by atoms with Crippen molar-refractivity contribution in [2.75, 3.05) is 17.7 Å². The molecule has 8 nitrogen and oxygen atoms in total. The highest BCUT2D eigenvalue weighted by atomic mass is 28.3. The Bertz CT molecular complexity index is 1710. The third-order valence-corrected chi connectivity index (χ3v) is 14.1. The van der Waals surface area contributed by atoms with Crippen molar-refractivity contribution in [2.24, 2.45) is 0 Å². The second-order valence-electron chi connectivity index (χ2n) is 11.4. The van der Waals surface area contributed by atoms with Crippen molar-refractivity contribution >= 4 is 42.3 Å². The molecule has 0 aliphatic carbocycles. The van der Waals surface area contributed by atoms with Crippen LogP contribution in [0.5, 0.6) is 5.75 Å². The largest absolute Gasteiger partial charge is 0.495 e. The maximum Gasteiger partial charge on any atom is 0.258 e. The number of hydrogen-bond donors (Lipinski definition) is 2. The summed E-state index contributed by atoms with van der Waals surface area (Å²) in [5.74, 6) is 4.18. The predicted molar refractivity (Wildman–Crippen MR) is 174 cm³/mol. The fourth-order valence-corrected chi connectivity index (χ4v) is 11.1. The number of nitrogens with zero attached hydrogens (tertiary/aromatic N) is 3. The number of nitrogens with one attached hydrogen (secondary N) is 2. The van der Waals surface area contributed by atoms with Gasteiger partial charge < -0.3 is 15.4 Å². The maximum absolute atomic E-state index is 13.8. The molecule has 0 saturated heterocycles. The molecule has 0 spiro atoms. The van der Waals surface area contributed by atoms with Gasteiger partial charge in [-0.3, -0.25) is 14.2 Å². The van der Waals surface area contributed by atoms with Gasteiger partial charge in [0, 0.05) is 30.4 Å². The van der Waals surface area contributed by atoms with Crippen molar-refractivity contribution in [1.29, 1.82) is 0 Å². The van der Waals surface area contributed by atoms with Gasteiger partial charge in [0.2, 0.25) is 11.9 Å². The first kappa shape index (κ1) is 30.5. The number of benzene rings is 2. The minimum atomic E-state index is -2.07. The van der Waals surface area contributed by atoms with Gasteiger partial charge in [-0.25, -0.2) is 4.98 Å². The molecule has 4 aromatic rings. The number of para-hydroxylation sites is 2. The highest BCUT2D eigenvalue weighted by Crippen LogP contribution is 2.41. The molecule has 1 amide bonds. The third kappa shape index (κ3) is 6.09. The number of ether oxygens (including phenoxy) is 1. The number of pyridine rings is 1. The van der Waals surface area contributed by atoms with Gasteiger partial charge in [-0.2, -0.15) is 4.98 Å². The number of carbonyl (C=O) groups excluding carboxylic acids is 1. The number of carbonyl (C=O) groups is 1. The maximum atomic E-state index is 13.8. The van der Waals surface area contributed by atoms with Gasteiger partial charge in [-0.15, -0.1) is 5.54 Å². The standard InChI is InChI=1S/C33H39N5O3Si/c1-21(2)42(22(3)4,23(5)6)17-16-25-18-31(40)38(27-13-11-12-26(19-27)35-24(7)39)32-28(25)20-34-33(37-32)36-29-14-9-10-15-30(29)41-8/h9-15,18-23H,1-8H3,(H,35,39)(H,34,36,37). The van der Waals surface area contributed by atoms with E-state index in [2.05, 4.69) is 68.6 Å². The van der Waals surface area contributed by atoms with Crippen molar-refractivity contribution in [3.8, 4) is 22.9 Å². The Balaban J connectivity index is 1.98. The lowest BCUT2D eigenvalue weighted by Crippen LogP contribution is -2.43. The lowest BCUT2D eigenvalue weighted by Gasteiger charge is -2.38. The van der Waals surface area contributed by atoms with Gasteiger partial charge >= 0.3 is 0 Å².